The van der Waals surface area contributed by atoms with E-state index in [1.54, 1.807) is 6.20 Å². The van der Waals surface area contributed by atoms with Crippen LogP contribution in [0.1, 0.15) is 23.4 Å². The molecule has 0 aromatic carbocycles. The van der Waals surface area contributed by atoms with Crippen LogP contribution in [-0.4, -0.2) is 57.1 Å². The second kappa shape index (κ2) is 8.57. The molecule has 0 spiro atoms. The van der Waals surface area contributed by atoms with Gasteiger partial charge in [-0.3, -0.25) is 9.78 Å². The summed E-state index contributed by atoms with van der Waals surface area (Å²) in [4.78, 5) is 27.4. The van der Waals surface area contributed by atoms with Gasteiger partial charge in [-0.15, -0.1) is 0 Å². The lowest BCUT2D eigenvalue weighted by Crippen LogP contribution is -2.34. The van der Waals surface area contributed by atoms with Gasteiger partial charge in [0.25, 0.3) is 0 Å². The number of pyridine rings is 1. The smallest absolute Gasteiger partial charge is 0.228 e. The summed E-state index contributed by atoms with van der Waals surface area (Å²) in [6, 6.07) is 5.58. The monoisotopic (exact) mass is 356 g/mol. The Morgan fingerprint density at radius 1 is 1.27 bits per heavy atom. The third-order valence-electron chi connectivity index (χ3n) is 4.40. The molecule has 0 aliphatic carbocycles. The van der Waals surface area contributed by atoms with Crippen molar-refractivity contribution in [3.8, 4) is 0 Å². The van der Waals surface area contributed by atoms with Gasteiger partial charge in [0, 0.05) is 50.1 Å². The lowest BCUT2D eigenvalue weighted by Gasteiger charge is -2.20. The number of aromatic nitrogens is 3. The highest BCUT2D eigenvalue weighted by molar-refractivity contribution is 5.78. The van der Waals surface area contributed by atoms with Gasteiger partial charge in [0.15, 0.2) is 0 Å². The molecular formula is C18H24N6O2. The number of carbonyl (C=O) groups excluding carboxylic acids is 1. The standard InChI is InChI=1S/C18H24N6O2/c19-18-22-15-6-10-24(16(26)12-13-4-1-2-7-20-13)9-5-14(15)17(23-18)21-8-3-11-25/h1-2,4,7,25H,3,5-6,8-12H2,(H3,19,21,22,23). The number of hydrogen-bond donors (Lipinski definition) is 3. The van der Waals surface area contributed by atoms with Crippen molar-refractivity contribution in [3.63, 3.8) is 0 Å². The van der Waals surface area contributed by atoms with E-state index in [1.807, 2.05) is 23.1 Å². The summed E-state index contributed by atoms with van der Waals surface area (Å²) in [7, 11) is 0. The Balaban J connectivity index is 1.70. The predicted molar refractivity (Wildman–Crippen MR) is 98.6 cm³/mol. The molecular weight excluding hydrogens is 332 g/mol. The van der Waals surface area contributed by atoms with E-state index in [9.17, 15) is 4.79 Å². The van der Waals surface area contributed by atoms with E-state index >= 15 is 0 Å². The van der Waals surface area contributed by atoms with Gasteiger partial charge in [-0.2, -0.15) is 4.98 Å². The maximum absolute atomic E-state index is 12.6. The van der Waals surface area contributed by atoms with Gasteiger partial charge in [-0.1, -0.05) is 6.07 Å². The normalized spacial score (nSPS) is 13.8. The first-order valence-electron chi connectivity index (χ1n) is 8.85. The van der Waals surface area contributed by atoms with E-state index < -0.39 is 0 Å². The lowest BCUT2D eigenvalue weighted by molar-refractivity contribution is -0.130. The predicted octanol–water partition coefficient (Wildman–Crippen LogP) is 0.418. The third-order valence-corrected chi connectivity index (χ3v) is 4.40. The number of carbonyl (C=O) groups is 1. The Hall–Kier alpha value is -2.74. The van der Waals surface area contributed by atoms with Crippen molar-refractivity contribution in [2.24, 2.45) is 0 Å². The van der Waals surface area contributed by atoms with Crippen molar-refractivity contribution in [1.29, 1.82) is 0 Å². The molecule has 0 saturated carbocycles. The first-order valence-corrected chi connectivity index (χ1v) is 8.85. The average molecular weight is 356 g/mol. The van der Waals surface area contributed by atoms with Gasteiger partial charge in [0.2, 0.25) is 11.9 Å². The molecule has 0 fully saturated rings. The molecule has 8 nitrogen and oxygen atoms in total. The van der Waals surface area contributed by atoms with Gasteiger partial charge in [0.1, 0.15) is 5.82 Å². The van der Waals surface area contributed by atoms with Gasteiger partial charge in [0.05, 0.1) is 12.1 Å². The molecule has 0 saturated heterocycles. The Labute approximate surface area is 152 Å². The third kappa shape index (κ3) is 4.45. The average Bonchev–Trinajstić information content (AvgIpc) is 2.85. The molecule has 0 radical (unpaired) electrons. The van der Waals surface area contributed by atoms with Gasteiger partial charge in [-0.05, 0) is 25.0 Å². The van der Waals surface area contributed by atoms with E-state index in [2.05, 4.69) is 20.3 Å². The van der Waals surface area contributed by atoms with Crippen LogP contribution in [0.4, 0.5) is 11.8 Å². The fourth-order valence-electron chi connectivity index (χ4n) is 3.07. The molecule has 1 amide bonds. The van der Waals surface area contributed by atoms with Crippen molar-refractivity contribution in [2.45, 2.75) is 25.7 Å². The summed E-state index contributed by atoms with van der Waals surface area (Å²) in [6.45, 7) is 1.94. The maximum atomic E-state index is 12.6. The minimum Gasteiger partial charge on any atom is -0.396 e. The summed E-state index contributed by atoms with van der Waals surface area (Å²) < 4.78 is 0. The number of nitrogens with two attached hydrogens (primary N) is 1. The fourth-order valence-corrected chi connectivity index (χ4v) is 3.07. The Morgan fingerprint density at radius 3 is 2.88 bits per heavy atom. The molecule has 0 bridgehead atoms. The van der Waals surface area contributed by atoms with Gasteiger partial charge >= 0.3 is 0 Å². The minimum absolute atomic E-state index is 0.0622. The van der Waals surface area contributed by atoms with Gasteiger partial charge in [-0.25, -0.2) is 4.98 Å². The molecule has 3 rings (SSSR count). The Bertz CT molecular complexity index is 753. The number of nitrogens with zero attached hydrogens (tertiary/aromatic N) is 4. The van der Waals surface area contributed by atoms with Crippen LogP contribution in [0.3, 0.4) is 0 Å². The molecule has 3 heterocycles. The summed E-state index contributed by atoms with van der Waals surface area (Å²) in [5, 5.41) is 12.2. The molecule has 2 aromatic rings. The van der Waals surface area contributed by atoms with E-state index in [4.69, 9.17) is 10.8 Å². The maximum Gasteiger partial charge on any atom is 0.228 e. The lowest BCUT2D eigenvalue weighted by atomic mass is 10.1. The fraction of sp³-hybridized carbons (Fsp3) is 0.444. The highest BCUT2D eigenvalue weighted by Gasteiger charge is 2.22. The molecule has 4 N–H and O–H groups in total. The van der Waals surface area contributed by atoms with Crippen molar-refractivity contribution in [1.82, 2.24) is 19.9 Å². The first-order chi connectivity index (χ1) is 12.7. The minimum atomic E-state index is 0.0622. The van der Waals surface area contributed by atoms with Crippen LogP contribution >= 0.6 is 0 Å². The molecule has 26 heavy (non-hydrogen) atoms. The summed E-state index contributed by atoms with van der Waals surface area (Å²) in [5.74, 6) is 0.996. The van der Waals surface area contributed by atoms with Crippen LogP contribution in [0.2, 0.25) is 0 Å². The van der Waals surface area contributed by atoms with Crippen LogP contribution < -0.4 is 11.1 Å². The van der Waals surface area contributed by atoms with E-state index in [1.165, 1.54) is 0 Å². The Morgan fingerprint density at radius 2 is 2.12 bits per heavy atom. The van der Waals surface area contributed by atoms with Crippen molar-refractivity contribution in [3.05, 3.63) is 41.3 Å². The number of fused-ring (bicyclic) bond motifs is 1. The van der Waals surface area contributed by atoms with Crippen LogP contribution in [0.5, 0.6) is 0 Å². The summed E-state index contributed by atoms with van der Waals surface area (Å²) in [6.07, 6.45) is 3.94. The number of amides is 1. The van der Waals surface area contributed by atoms with Crippen molar-refractivity contribution in [2.75, 3.05) is 37.3 Å². The molecule has 2 aromatic heterocycles. The molecule has 0 unspecified atom stereocenters. The zero-order chi connectivity index (χ0) is 18.4. The van der Waals surface area contributed by atoms with E-state index in [-0.39, 0.29) is 18.5 Å². The molecule has 8 heteroatoms. The zero-order valence-corrected chi connectivity index (χ0v) is 14.7. The van der Waals surface area contributed by atoms with Crippen LogP contribution in [0.25, 0.3) is 0 Å². The molecule has 1 aliphatic rings. The zero-order valence-electron chi connectivity index (χ0n) is 14.7. The SMILES string of the molecule is Nc1nc2c(c(NCCCO)n1)CCN(C(=O)Cc1ccccn1)CC2. The highest BCUT2D eigenvalue weighted by atomic mass is 16.3. The molecule has 138 valence electrons. The number of aliphatic hydroxyl groups excluding tert-OH is 1. The number of anilines is 2. The topological polar surface area (TPSA) is 117 Å². The number of aliphatic hydroxyl groups is 1. The second-order valence-corrected chi connectivity index (χ2v) is 6.24. The molecule has 1 aliphatic heterocycles. The largest absolute Gasteiger partial charge is 0.396 e. The van der Waals surface area contributed by atoms with Crippen molar-refractivity contribution >= 4 is 17.7 Å². The second-order valence-electron chi connectivity index (χ2n) is 6.24. The molecule has 0 atom stereocenters. The Kier molecular flexibility index (Phi) is 5.96. The highest BCUT2D eigenvalue weighted by Crippen LogP contribution is 2.22. The number of nitrogens with one attached hydrogen (secondary N) is 1. The van der Waals surface area contributed by atoms with Crippen LogP contribution in [0, 0.1) is 0 Å². The number of rotatable bonds is 6. The first kappa shape index (κ1) is 18.1. The van der Waals surface area contributed by atoms with Gasteiger partial charge < -0.3 is 21.1 Å². The quantitative estimate of drug-likeness (QED) is 0.642. The van der Waals surface area contributed by atoms with E-state index in [0.717, 1.165) is 17.0 Å². The summed E-state index contributed by atoms with van der Waals surface area (Å²) >= 11 is 0. The van der Waals surface area contributed by atoms with E-state index in [0.29, 0.717) is 51.1 Å². The number of nitrogen functional groups attached to an aromatic ring is 1. The van der Waals surface area contributed by atoms with Crippen LogP contribution in [0.15, 0.2) is 24.4 Å². The van der Waals surface area contributed by atoms with Crippen LogP contribution in [-0.2, 0) is 24.1 Å². The summed E-state index contributed by atoms with van der Waals surface area (Å²) in [5.41, 5.74) is 8.50. The van der Waals surface area contributed by atoms with Crippen molar-refractivity contribution < 1.29 is 9.90 Å². The number of hydrogen-bond acceptors (Lipinski definition) is 7.